The second-order valence-corrected chi connectivity index (χ2v) is 5.82. The first kappa shape index (κ1) is 16.8. The van der Waals surface area contributed by atoms with Crippen LogP contribution in [0.2, 0.25) is 0 Å². The summed E-state index contributed by atoms with van der Waals surface area (Å²) in [6.07, 6.45) is 1.57. The number of hydrogen-bond acceptors (Lipinski definition) is 2. The van der Waals surface area contributed by atoms with E-state index >= 15 is 0 Å². The van der Waals surface area contributed by atoms with Crippen molar-refractivity contribution in [3.8, 4) is 5.69 Å². The summed E-state index contributed by atoms with van der Waals surface area (Å²) in [5, 5.41) is 5.58. The Labute approximate surface area is 145 Å². The van der Waals surface area contributed by atoms with Crippen molar-refractivity contribution in [3.05, 3.63) is 77.3 Å². The van der Waals surface area contributed by atoms with Gasteiger partial charge in [0, 0.05) is 23.6 Å². The van der Waals surface area contributed by atoms with Crippen molar-refractivity contribution in [1.29, 1.82) is 0 Å². The van der Waals surface area contributed by atoms with E-state index in [1.54, 1.807) is 30.5 Å². The number of aromatic nitrogens is 1. The standard InChI is InChI=1S/C19H20FN3O2/c1-13-10-15(11-21-19(24)22-12-18-4-3-9-25-18)14(2)23(13)17-7-5-16(20)6-8-17/h3-10H,11-12H2,1-2H3,(H2,21,22,24). The largest absolute Gasteiger partial charge is 0.467 e. The van der Waals surface area contributed by atoms with Gasteiger partial charge in [-0.05, 0) is 61.9 Å². The van der Waals surface area contributed by atoms with Gasteiger partial charge in [0.25, 0.3) is 0 Å². The van der Waals surface area contributed by atoms with Gasteiger partial charge in [-0.3, -0.25) is 0 Å². The predicted molar refractivity (Wildman–Crippen MR) is 93.0 cm³/mol. The number of rotatable bonds is 5. The van der Waals surface area contributed by atoms with Gasteiger partial charge < -0.3 is 19.6 Å². The molecule has 2 amide bonds. The molecule has 3 aromatic rings. The Morgan fingerprint density at radius 3 is 2.52 bits per heavy atom. The van der Waals surface area contributed by atoms with Crippen molar-refractivity contribution in [2.75, 3.05) is 0 Å². The molecule has 0 aliphatic heterocycles. The summed E-state index contributed by atoms with van der Waals surface area (Å²) in [5.41, 5.74) is 3.94. The number of nitrogens with one attached hydrogen (secondary N) is 2. The molecule has 3 rings (SSSR count). The second kappa shape index (κ2) is 7.25. The highest BCUT2D eigenvalue weighted by Gasteiger charge is 2.12. The molecule has 6 heteroatoms. The van der Waals surface area contributed by atoms with Crippen LogP contribution in [0.1, 0.15) is 22.7 Å². The summed E-state index contributed by atoms with van der Waals surface area (Å²) in [6.45, 7) is 4.71. The lowest BCUT2D eigenvalue weighted by Crippen LogP contribution is -2.34. The summed E-state index contributed by atoms with van der Waals surface area (Å²) in [7, 11) is 0. The molecule has 0 bridgehead atoms. The third kappa shape index (κ3) is 3.91. The van der Waals surface area contributed by atoms with E-state index in [2.05, 4.69) is 10.6 Å². The lowest BCUT2D eigenvalue weighted by Gasteiger charge is -2.10. The Morgan fingerprint density at radius 2 is 1.84 bits per heavy atom. The number of halogens is 1. The van der Waals surface area contributed by atoms with E-state index < -0.39 is 0 Å². The molecule has 0 aliphatic rings. The second-order valence-electron chi connectivity index (χ2n) is 5.82. The molecule has 0 atom stereocenters. The number of furan rings is 1. The van der Waals surface area contributed by atoms with E-state index in [1.165, 1.54) is 12.1 Å². The third-order valence-corrected chi connectivity index (χ3v) is 4.06. The summed E-state index contributed by atoms with van der Waals surface area (Å²) in [5.74, 6) is 0.436. The van der Waals surface area contributed by atoms with E-state index in [4.69, 9.17) is 4.42 Å². The van der Waals surface area contributed by atoms with Crippen LogP contribution in [0.3, 0.4) is 0 Å². The summed E-state index contributed by atoms with van der Waals surface area (Å²) < 4.78 is 20.3. The van der Waals surface area contributed by atoms with Crippen LogP contribution in [0.25, 0.3) is 5.69 Å². The number of nitrogens with zero attached hydrogens (tertiary/aromatic N) is 1. The quantitative estimate of drug-likeness (QED) is 0.741. The van der Waals surface area contributed by atoms with Crippen molar-refractivity contribution >= 4 is 6.03 Å². The third-order valence-electron chi connectivity index (χ3n) is 4.06. The van der Waals surface area contributed by atoms with Gasteiger partial charge in [-0.2, -0.15) is 0 Å². The first-order valence-electron chi connectivity index (χ1n) is 8.02. The Morgan fingerprint density at radius 1 is 1.12 bits per heavy atom. The van der Waals surface area contributed by atoms with Crippen LogP contribution >= 0.6 is 0 Å². The van der Waals surface area contributed by atoms with Gasteiger partial charge in [0.2, 0.25) is 0 Å². The van der Waals surface area contributed by atoms with E-state index in [0.29, 0.717) is 18.8 Å². The average molecular weight is 341 g/mol. The fraction of sp³-hybridized carbons (Fsp3) is 0.211. The number of benzene rings is 1. The molecule has 0 unspecified atom stereocenters. The molecule has 25 heavy (non-hydrogen) atoms. The SMILES string of the molecule is Cc1cc(CNC(=O)NCc2ccco2)c(C)n1-c1ccc(F)cc1. The highest BCUT2D eigenvalue weighted by Crippen LogP contribution is 2.21. The van der Waals surface area contributed by atoms with Crippen molar-refractivity contribution in [2.45, 2.75) is 26.9 Å². The minimum Gasteiger partial charge on any atom is -0.467 e. The number of hydrogen-bond donors (Lipinski definition) is 2. The molecule has 0 spiro atoms. The van der Waals surface area contributed by atoms with Gasteiger partial charge >= 0.3 is 6.03 Å². The highest BCUT2D eigenvalue weighted by molar-refractivity contribution is 5.73. The van der Waals surface area contributed by atoms with Crippen LogP contribution < -0.4 is 10.6 Å². The van der Waals surface area contributed by atoms with Crippen molar-refractivity contribution in [1.82, 2.24) is 15.2 Å². The van der Waals surface area contributed by atoms with Gasteiger partial charge in [-0.15, -0.1) is 0 Å². The Hall–Kier alpha value is -3.02. The van der Waals surface area contributed by atoms with Crippen LogP contribution in [-0.2, 0) is 13.1 Å². The molecule has 0 saturated carbocycles. The van der Waals surface area contributed by atoms with E-state index in [0.717, 1.165) is 22.6 Å². The molecule has 2 aromatic heterocycles. The molecule has 0 aliphatic carbocycles. The zero-order chi connectivity index (χ0) is 17.8. The maximum Gasteiger partial charge on any atom is 0.315 e. The summed E-state index contributed by atoms with van der Waals surface area (Å²) in [6, 6.07) is 11.7. The molecular formula is C19H20FN3O2. The van der Waals surface area contributed by atoms with Gasteiger partial charge in [0.15, 0.2) is 0 Å². The van der Waals surface area contributed by atoms with Gasteiger partial charge in [-0.25, -0.2) is 9.18 Å². The van der Waals surface area contributed by atoms with E-state index in [-0.39, 0.29) is 11.8 Å². The topological polar surface area (TPSA) is 59.2 Å². The fourth-order valence-electron chi connectivity index (χ4n) is 2.81. The number of carbonyl (C=O) groups excluding carboxylic acids is 1. The van der Waals surface area contributed by atoms with Crippen molar-refractivity contribution < 1.29 is 13.6 Å². The van der Waals surface area contributed by atoms with Crippen LogP contribution in [-0.4, -0.2) is 10.6 Å². The molecule has 130 valence electrons. The molecule has 1 aromatic carbocycles. The molecule has 2 heterocycles. The molecule has 5 nitrogen and oxygen atoms in total. The fourth-order valence-corrected chi connectivity index (χ4v) is 2.81. The normalized spacial score (nSPS) is 10.7. The van der Waals surface area contributed by atoms with Crippen LogP contribution in [0.15, 0.2) is 53.1 Å². The van der Waals surface area contributed by atoms with Gasteiger partial charge in [0.1, 0.15) is 11.6 Å². The van der Waals surface area contributed by atoms with Crippen LogP contribution in [0.4, 0.5) is 9.18 Å². The molecule has 0 saturated heterocycles. The van der Waals surface area contributed by atoms with Gasteiger partial charge in [-0.1, -0.05) is 0 Å². The van der Waals surface area contributed by atoms with Crippen LogP contribution in [0.5, 0.6) is 0 Å². The minimum absolute atomic E-state index is 0.261. The zero-order valence-corrected chi connectivity index (χ0v) is 14.2. The number of aryl methyl sites for hydroxylation is 1. The van der Waals surface area contributed by atoms with Gasteiger partial charge in [0.05, 0.1) is 12.8 Å². The lowest BCUT2D eigenvalue weighted by molar-refractivity contribution is 0.239. The Bertz CT molecular complexity index is 852. The van der Waals surface area contributed by atoms with E-state index in [1.807, 2.05) is 24.5 Å². The average Bonchev–Trinajstić information content (AvgIpc) is 3.20. The van der Waals surface area contributed by atoms with Crippen LogP contribution in [0, 0.1) is 19.7 Å². The lowest BCUT2D eigenvalue weighted by atomic mass is 10.2. The molecule has 0 radical (unpaired) electrons. The summed E-state index contributed by atoms with van der Waals surface area (Å²) >= 11 is 0. The smallest absolute Gasteiger partial charge is 0.315 e. The predicted octanol–water partition coefficient (Wildman–Crippen LogP) is 3.83. The maximum absolute atomic E-state index is 13.1. The molecule has 2 N–H and O–H groups in total. The first-order chi connectivity index (χ1) is 12.0. The monoisotopic (exact) mass is 341 g/mol. The molecule has 0 fully saturated rings. The minimum atomic E-state index is -0.263. The Kier molecular flexibility index (Phi) is 4.88. The highest BCUT2D eigenvalue weighted by atomic mass is 19.1. The summed E-state index contributed by atoms with van der Waals surface area (Å²) in [4.78, 5) is 11.9. The molecular weight excluding hydrogens is 321 g/mol. The zero-order valence-electron chi connectivity index (χ0n) is 14.2. The Balaban J connectivity index is 1.64. The van der Waals surface area contributed by atoms with E-state index in [9.17, 15) is 9.18 Å². The first-order valence-corrected chi connectivity index (χ1v) is 8.02. The van der Waals surface area contributed by atoms with Crippen molar-refractivity contribution in [2.24, 2.45) is 0 Å². The number of amides is 2. The van der Waals surface area contributed by atoms with Crippen molar-refractivity contribution in [3.63, 3.8) is 0 Å². The maximum atomic E-state index is 13.1. The number of carbonyl (C=O) groups is 1. The number of urea groups is 1.